The van der Waals surface area contributed by atoms with Gasteiger partial charge >= 0.3 is 0 Å². The van der Waals surface area contributed by atoms with Gasteiger partial charge in [-0.2, -0.15) is 10.5 Å². The van der Waals surface area contributed by atoms with E-state index in [1.54, 1.807) is 0 Å². The van der Waals surface area contributed by atoms with Crippen molar-refractivity contribution in [3.05, 3.63) is 11.1 Å². The van der Waals surface area contributed by atoms with E-state index in [1.807, 2.05) is 0 Å². The summed E-state index contributed by atoms with van der Waals surface area (Å²) in [6.45, 7) is 0. The molecule has 0 N–H and O–H groups in total. The Morgan fingerprint density at radius 3 is 1.25 bits per heavy atom. The molecule has 5 aliphatic rings. The zero-order valence-corrected chi connectivity index (χ0v) is 9.19. The summed E-state index contributed by atoms with van der Waals surface area (Å²) in [4.78, 5) is 0. The van der Waals surface area contributed by atoms with E-state index in [-0.39, 0.29) is 0 Å². The maximum absolute atomic E-state index is 9.31. The monoisotopic (exact) mass is 210 g/mol. The molecule has 0 spiro atoms. The fourth-order valence-corrected chi connectivity index (χ4v) is 5.53. The third-order valence-electron chi connectivity index (χ3n) is 5.81. The number of hydrogen-bond donors (Lipinski definition) is 0. The van der Waals surface area contributed by atoms with Crippen LogP contribution in [0, 0.1) is 58.2 Å². The Hall–Kier alpha value is -1.28. The SMILES string of the molecule is N#CC1=C(C#N)C2C3CCC2C2CCC3C12. The van der Waals surface area contributed by atoms with Crippen molar-refractivity contribution in [3.63, 3.8) is 0 Å². The van der Waals surface area contributed by atoms with Crippen molar-refractivity contribution in [2.45, 2.75) is 25.7 Å². The average Bonchev–Trinajstić information content (AvgIpc) is 2.82. The minimum atomic E-state index is 0.474. The maximum Gasteiger partial charge on any atom is 0.0960 e. The van der Waals surface area contributed by atoms with Gasteiger partial charge in [-0.25, -0.2) is 0 Å². The van der Waals surface area contributed by atoms with E-state index in [1.165, 1.54) is 25.7 Å². The average molecular weight is 210 g/mol. The van der Waals surface area contributed by atoms with Crippen LogP contribution in [-0.2, 0) is 0 Å². The molecule has 5 aliphatic carbocycles. The van der Waals surface area contributed by atoms with Gasteiger partial charge in [0.2, 0.25) is 0 Å². The third-order valence-corrected chi connectivity index (χ3v) is 5.81. The van der Waals surface area contributed by atoms with Gasteiger partial charge in [0.25, 0.3) is 0 Å². The highest BCUT2D eigenvalue weighted by Gasteiger charge is 2.62. The lowest BCUT2D eigenvalue weighted by Gasteiger charge is -2.46. The zero-order chi connectivity index (χ0) is 10.9. The molecule has 0 aliphatic heterocycles. The molecule has 0 radical (unpaired) electrons. The van der Waals surface area contributed by atoms with E-state index >= 15 is 0 Å². The lowest BCUT2D eigenvalue weighted by molar-refractivity contribution is 0.100. The first kappa shape index (κ1) is 8.82. The smallest absolute Gasteiger partial charge is 0.0960 e. The van der Waals surface area contributed by atoms with Crippen LogP contribution in [0.3, 0.4) is 0 Å². The largest absolute Gasteiger partial charge is 0.193 e. The normalized spacial score (nSPS) is 51.6. The molecule has 6 bridgehead atoms. The Bertz CT molecular complexity index is 412. The molecule has 16 heavy (non-hydrogen) atoms. The predicted molar refractivity (Wildman–Crippen MR) is 57.7 cm³/mol. The second kappa shape index (κ2) is 2.69. The Kier molecular flexibility index (Phi) is 1.48. The molecular weight excluding hydrogens is 196 g/mol. The molecule has 2 heteroatoms. The predicted octanol–water partition coefficient (Wildman–Crippen LogP) is 2.64. The Morgan fingerprint density at radius 2 is 1.00 bits per heavy atom. The molecule has 0 saturated heterocycles. The van der Waals surface area contributed by atoms with Gasteiger partial charge in [0.05, 0.1) is 12.1 Å². The third kappa shape index (κ3) is 0.736. The number of hydrogen-bond acceptors (Lipinski definition) is 2. The Labute approximate surface area is 95.6 Å². The molecule has 3 saturated carbocycles. The van der Waals surface area contributed by atoms with Crippen LogP contribution in [0.1, 0.15) is 25.7 Å². The number of nitrogens with zero attached hydrogens (tertiary/aromatic N) is 2. The molecule has 0 aromatic rings. The van der Waals surface area contributed by atoms with Crippen LogP contribution < -0.4 is 0 Å². The van der Waals surface area contributed by atoms with Gasteiger partial charge in [-0.15, -0.1) is 0 Å². The van der Waals surface area contributed by atoms with Crippen molar-refractivity contribution < 1.29 is 0 Å². The highest BCUT2D eigenvalue weighted by atomic mass is 14.7. The number of nitriles is 2. The van der Waals surface area contributed by atoms with Gasteiger partial charge in [0.1, 0.15) is 0 Å². The van der Waals surface area contributed by atoms with Crippen LogP contribution in [0.25, 0.3) is 0 Å². The van der Waals surface area contributed by atoms with Crippen molar-refractivity contribution in [2.75, 3.05) is 0 Å². The van der Waals surface area contributed by atoms with Gasteiger partial charge < -0.3 is 0 Å². The van der Waals surface area contributed by atoms with Gasteiger partial charge in [-0.3, -0.25) is 0 Å². The molecule has 4 atom stereocenters. The summed E-state index contributed by atoms with van der Waals surface area (Å²) in [5, 5.41) is 18.6. The van der Waals surface area contributed by atoms with Crippen LogP contribution in [0.2, 0.25) is 0 Å². The molecule has 2 nitrogen and oxygen atoms in total. The highest BCUT2D eigenvalue weighted by molar-refractivity contribution is 5.48. The lowest BCUT2D eigenvalue weighted by atomic mass is 9.55. The van der Waals surface area contributed by atoms with E-state index in [2.05, 4.69) is 12.1 Å². The van der Waals surface area contributed by atoms with E-state index in [9.17, 15) is 10.5 Å². The summed E-state index contributed by atoms with van der Waals surface area (Å²) in [7, 11) is 0. The van der Waals surface area contributed by atoms with Crippen molar-refractivity contribution in [1.29, 1.82) is 10.5 Å². The summed E-state index contributed by atoms with van der Waals surface area (Å²) >= 11 is 0. The van der Waals surface area contributed by atoms with Gasteiger partial charge in [0, 0.05) is 23.0 Å². The lowest BCUT2D eigenvalue weighted by Crippen LogP contribution is -2.43. The first-order valence-electron chi connectivity index (χ1n) is 6.41. The van der Waals surface area contributed by atoms with Crippen molar-refractivity contribution >= 4 is 0 Å². The number of allylic oxidation sites excluding steroid dienone is 2. The van der Waals surface area contributed by atoms with Crippen LogP contribution in [-0.4, -0.2) is 0 Å². The fourth-order valence-electron chi connectivity index (χ4n) is 5.53. The van der Waals surface area contributed by atoms with Gasteiger partial charge in [-0.05, 0) is 49.4 Å². The van der Waals surface area contributed by atoms with E-state index in [0.29, 0.717) is 11.8 Å². The second-order valence-corrected chi connectivity index (χ2v) is 5.91. The van der Waals surface area contributed by atoms with Crippen LogP contribution >= 0.6 is 0 Å². The summed E-state index contributed by atoms with van der Waals surface area (Å²) in [6.07, 6.45) is 5.27. The topological polar surface area (TPSA) is 47.6 Å². The molecular formula is C14H14N2. The molecule has 80 valence electrons. The Morgan fingerprint density at radius 1 is 0.688 bits per heavy atom. The quantitative estimate of drug-likeness (QED) is 0.617. The molecule has 0 amide bonds. The molecule has 4 unspecified atom stereocenters. The van der Waals surface area contributed by atoms with Gasteiger partial charge in [-0.1, -0.05) is 0 Å². The standard InChI is InChI=1S/C14H14N2/c15-5-11-12(6-16)14-9-3-4-10(14)8-2-1-7(9)13(8)11/h7-10,13-14H,1-4H2. The van der Waals surface area contributed by atoms with E-state index in [0.717, 1.165) is 34.8 Å². The van der Waals surface area contributed by atoms with E-state index in [4.69, 9.17) is 0 Å². The van der Waals surface area contributed by atoms with Gasteiger partial charge in [0.15, 0.2) is 0 Å². The first-order chi connectivity index (χ1) is 7.86. The number of rotatable bonds is 0. The van der Waals surface area contributed by atoms with E-state index < -0.39 is 0 Å². The van der Waals surface area contributed by atoms with Crippen LogP contribution in [0.5, 0.6) is 0 Å². The van der Waals surface area contributed by atoms with Crippen LogP contribution in [0.4, 0.5) is 0 Å². The zero-order valence-electron chi connectivity index (χ0n) is 9.19. The van der Waals surface area contributed by atoms with Crippen molar-refractivity contribution in [3.8, 4) is 12.1 Å². The molecule has 3 fully saturated rings. The first-order valence-corrected chi connectivity index (χ1v) is 6.41. The second-order valence-electron chi connectivity index (χ2n) is 5.91. The highest BCUT2D eigenvalue weighted by Crippen LogP contribution is 2.68. The molecule has 0 aromatic heterocycles. The molecule has 0 aromatic carbocycles. The summed E-state index contributed by atoms with van der Waals surface area (Å²) in [5.74, 6) is 3.95. The molecule has 0 heterocycles. The minimum absolute atomic E-state index is 0.474. The fraction of sp³-hybridized carbons (Fsp3) is 0.714. The van der Waals surface area contributed by atoms with Crippen molar-refractivity contribution in [1.82, 2.24) is 0 Å². The summed E-state index contributed by atoms with van der Waals surface area (Å²) < 4.78 is 0. The summed E-state index contributed by atoms with van der Waals surface area (Å²) in [5.41, 5.74) is 1.77. The summed E-state index contributed by atoms with van der Waals surface area (Å²) in [6, 6.07) is 4.73. The minimum Gasteiger partial charge on any atom is -0.193 e. The van der Waals surface area contributed by atoms with Crippen molar-refractivity contribution in [2.24, 2.45) is 35.5 Å². The maximum atomic E-state index is 9.31. The Balaban J connectivity index is 1.98. The van der Waals surface area contributed by atoms with Crippen LogP contribution in [0.15, 0.2) is 11.1 Å². The molecule has 5 rings (SSSR count).